The van der Waals surface area contributed by atoms with Crippen LogP contribution in [0.4, 0.5) is 0 Å². The van der Waals surface area contributed by atoms with Gasteiger partial charge in [0.1, 0.15) is 0 Å². The SMILES string of the molecule is CC[C@H](/C=C/[C@@H](C)[C@H]1CC[C@H]2[C@@H]3C[C@H](O)C4=C[C@@H](O)CC[C@]4(C)[C@H]3CC[C@]12C)C(C)C. The van der Waals surface area contributed by atoms with E-state index < -0.39 is 0 Å². The van der Waals surface area contributed by atoms with Gasteiger partial charge in [-0.15, -0.1) is 0 Å². The molecule has 0 saturated heterocycles. The highest BCUT2D eigenvalue weighted by Gasteiger charge is 2.60. The quantitative estimate of drug-likeness (QED) is 0.474. The van der Waals surface area contributed by atoms with Crippen molar-refractivity contribution in [3.8, 4) is 0 Å². The van der Waals surface area contributed by atoms with Crippen molar-refractivity contribution in [2.45, 2.75) is 105 Å². The topological polar surface area (TPSA) is 40.5 Å². The highest BCUT2D eigenvalue weighted by molar-refractivity contribution is 5.29. The molecule has 0 aromatic heterocycles. The number of allylic oxidation sites excluding steroid dienone is 2. The van der Waals surface area contributed by atoms with Gasteiger partial charge in [-0.1, -0.05) is 59.8 Å². The molecule has 3 fully saturated rings. The van der Waals surface area contributed by atoms with Gasteiger partial charge in [0, 0.05) is 0 Å². The van der Waals surface area contributed by atoms with Gasteiger partial charge in [0.15, 0.2) is 0 Å². The average molecular weight is 429 g/mol. The molecule has 10 atom stereocenters. The van der Waals surface area contributed by atoms with Crippen molar-refractivity contribution < 1.29 is 10.2 Å². The number of aliphatic hydroxyl groups excluding tert-OH is 2. The molecule has 0 aliphatic heterocycles. The lowest BCUT2D eigenvalue weighted by Gasteiger charge is -2.59. The van der Waals surface area contributed by atoms with E-state index in [1.807, 2.05) is 6.08 Å². The molecule has 2 nitrogen and oxygen atoms in total. The first-order valence-corrected chi connectivity index (χ1v) is 13.4. The van der Waals surface area contributed by atoms with Crippen LogP contribution in [0.1, 0.15) is 92.9 Å². The van der Waals surface area contributed by atoms with Crippen LogP contribution in [-0.4, -0.2) is 22.4 Å². The summed E-state index contributed by atoms with van der Waals surface area (Å²) in [7, 11) is 0. The largest absolute Gasteiger partial charge is 0.389 e. The van der Waals surface area contributed by atoms with E-state index in [1.54, 1.807) is 0 Å². The lowest BCUT2D eigenvalue weighted by molar-refractivity contribution is -0.0852. The van der Waals surface area contributed by atoms with Gasteiger partial charge in [-0.3, -0.25) is 0 Å². The predicted molar refractivity (Wildman–Crippen MR) is 130 cm³/mol. The summed E-state index contributed by atoms with van der Waals surface area (Å²) < 4.78 is 0. The summed E-state index contributed by atoms with van der Waals surface area (Å²) in [5.41, 5.74) is 1.68. The maximum atomic E-state index is 11.1. The summed E-state index contributed by atoms with van der Waals surface area (Å²) in [5, 5.41) is 21.4. The molecule has 0 heterocycles. The van der Waals surface area contributed by atoms with Gasteiger partial charge in [-0.2, -0.15) is 0 Å². The summed E-state index contributed by atoms with van der Waals surface area (Å²) in [6.45, 7) is 14.5. The minimum atomic E-state index is -0.357. The van der Waals surface area contributed by atoms with Gasteiger partial charge < -0.3 is 10.2 Å². The van der Waals surface area contributed by atoms with Crippen molar-refractivity contribution in [1.82, 2.24) is 0 Å². The Hall–Kier alpha value is -0.600. The third-order valence-corrected chi connectivity index (χ3v) is 10.8. The molecule has 3 saturated carbocycles. The number of aliphatic hydroxyl groups is 2. The Kier molecular flexibility index (Phi) is 6.56. The van der Waals surface area contributed by atoms with Crippen LogP contribution >= 0.6 is 0 Å². The zero-order chi connectivity index (χ0) is 22.6. The van der Waals surface area contributed by atoms with Gasteiger partial charge in [-0.05, 0) is 109 Å². The van der Waals surface area contributed by atoms with Gasteiger partial charge in [0.2, 0.25) is 0 Å². The Morgan fingerprint density at radius 3 is 2.42 bits per heavy atom. The Labute approximate surface area is 191 Å². The van der Waals surface area contributed by atoms with Crippen LogP contribution in [0.3, 0.4) is 0 Å². The molecular weight excluding hydrogens is 380 g/mol. The molecule has 0 radical (unpaired) electrons. The Morgan fingerprint density at radius 2 is 1.74 bits per heavy atom. The highest BCUT2D eigenvalue weighted by atomic mass is 16.3. The molecule has 4 aliphatic rings. The maximum absolute atomic E-state index is 11.1. The Bertz CT molecular complexity index is 708. The molecule has 2 N–H and O–H groups in total. The van der Waals surface area contributed by atoms with E-state index >= 15 is 0 Å². The van der Waals surface area contributed by atoms with E-state index in [2.05, 4.69) is 53.7 Å². The van der Waals surface area contributed by atoms with E-state index in [0.29, 0.717) is 29.1 Å². The molecule has 0 amide bonds. The van der Waals surface area contributed by atoms with Crippen LogP contribution in [-0.2, 0) is 0 Å². The van der Waals surface area contributed by atoms with Crippen LogP contribution in [0.5, 0.6) is 0 Å². The number of rotatable bonds is 5. The second kappa shape index (κ2) is 8.64. The van der Waals surface area contributed by atoms with E-state index in [0.717, 1.165) is 37.0 Å². The minimum absolute atomic E-state index is 0.0953. The van der Waals surface area contributed by atoms with Gasteiger partial charge in [0.25, 0.3) is 0 Å². The molecule has 4 rings (SSSR count). The fourth-order valence-corrected chi connectivity index (χ4v) is 8.94. The number of fused-ring (bicyclic) bond motifs is 5. The molecule has 0 bridgehead atoms. The molecule has 0 aromatic carbocycles. The number of hydrogen-bond acceptors (Lipinski definition) is 2. The minimum Gasteiger partial charge on any atom is -0.389 e. The third-order valence-electron chi connectivity index (χ3n) is 10.8. The predicted octanol–water partition coefficient (Wildman–Crippen LogP) is 6.77. The molecule has 176 valence electrons. The van der Waals surface area contributed by atoms with Crippen molar-refractivity contribution in [1.29, 1.82) is 0 Å². The first-order valence-electron chi connectivity index (χ1n) is 13.4. The molecule has 0 unspecified atom stereocenters. The monoisotopic (exact) mass is 428 g/mol. The van der Waals surface area contributed by atoms with Crippen molar-refractivity contribution in [3.05, 3.63) is 23.8 Å². The Balaban J connectivity index is 1.55. The van der Waals surface area contributed by atoms with E-state index in [-0.39, 0.29) is 17.6 Å². The summed E-state index contributed by atoms with van der Waals surface area (Å²) >= 11 is 0. The molecular formula is C29H48O2. The summed E-state index contributed by atoms with van der Waals surface area (Å²) in [5.74, 6) is 4.91. The van der Waals surface area contributed by atoms with Crippen molar-refractivity contribution in [3.63, 3.8) is 0 Å². The van der Waals surface area contributed by atoms with Crippen LogP contribution in [0, 0.1) is 52.3 Å². The maximum Gasteiger partial charge on any atom is 0.0759 e. The second-order valence-corrected chi connectivity index (χ2v) is 12.6. The first kappa shape index (κ1) is 23.6. The second-order valence-electron chi connectivity index (χ2n) is 12.6. The van der Waals surface area contributed by atoms with E-state index in [1.165, 1.54) is 37.7 Å². The molecule has 0 spiro atoms. The van der Waals surface area contributed by atoms with Crippen LogP contribution in [0.25, 0.3) is 0 Å². The Morgan fingerprint density at radius 1 is 1.00 bits per heavy atom. The normalized spacial score (nSPS) is 46.9. The zero-order valence-electron chi connectivity index (χ0n) is 21.0. The molecule has 4 aliphatic carbocycles. The highest BCUT2D eigenvalue weighted by Crippen LogP contribution is 2.67. The average Bonchev–Trinajstić information content (AvgIpc) is 3.07. The standard InChI is InChI=1S/C29H48O2/c1-7-20(18(2)3)9-8-19(4)23-10-11-24-22-17-27(31)26-16-21(30)12-14-29(26,6)25(22)13-15-28(23,24)5/h8-9,16,18-25,27,30-31H,7,10-15,17H2,1-6H3/b9-8+/t19-,20-,21+,22+,23-,24+,25+,27+,28-,29-/m1/s1. The fraction of sp³-hybridized carbons (Fsp3) is 0.862. The van der Waals surface area contributed by atoms with E-state index in [9.17, 15) is 10.2 Å². The lowest BCUT2D eigenvalue weighted by Crippen LogP contribution is -2.54. The number of hydrogen-bond donors (Lipinski definition) is 2. The van der Waals surface area contributed by atoms with E-state index in [4.69, 9.17) is 0 Å². The molecule has 2 heteroatoms. The lowest BCUT2D eigenvalue weighted by atomic mass is 9.46. The van der Waals surface area contributed by atoms with Crippen LogP contribution in [0.15, 0.2) is 23.8 Å². The third kappa shape index (κ3) is 3.88. The van der Waals surface area contributed by atoms with Crippen molar-refractivity contribution >= 4 is 0 Å². The van der Waals surface area contributed by atoms with Crippen molar-refractivity contribution in [2.75, 3.05) is 0 Å². The van der Waals surface area contributed by atoms with Crippen LogP contribution in [0.2, 0.25) is 0 Å². The zero-order valence-corrected chi connectivity index (χ0v) is 21.0. The smallest absolute Gasteiger partial charge is 0.0759 e. The summed E-state index contributed by atoms with van der Waals surface area (Å²) in [6.07, 6.45) is 15.8. The molecule has 31 heavy (non-hydrogen) atoms. The van der Waals surface area contributed by atoms with Gasteiger partial charge >= 0.3 is 0 Å². The fourth-order valence-electron chi connectivity index (χ4n) is 8.94. The van der Waals surface area contributed by atoms with Gasteiger partial charge in [0.05, 0.1) is 12.2 Å². The summed E-state index contributed by atoms with van der Waals surface area (Å²) in [4.78, 5) is 0. The van der Waals surface area contributed by atoms with Crippen molar-refractivity contribution in [2.24, 2.45) is 52.3 Å². The van der Waals surface area contributed by atoms with Gasteiger partial charge in [-0.25, -0.2) is 0 Å². The van der Waals surface area contributed by atoms with Crippen LogP contribution < -0.4 is 0 Å². The molecule has 0 aromatic rings. The summed E-state index contributed by atoms with van der Waals surface area (Å²) in [6, 6.07) is 0. The first-order chi connectivity index (χ1) is 14.6.